The summed E-state index contributed by atoms with van der Waals surface area (Å²) in [5, 5.41) is 6.39. The number of carbonyl (C=O) groups excluding carboxylic acids is 1. The third-order valence-electron chi connectivity index (χ3n) is 2.22. The number of nitrogens with one attached hydrogen (secondary N) is 2. The fraction of sp³-hybridized carbons (Fsp3) is 0.182. The highest BCUT2D eigenvalue weighted by Gasteiger charge is 2.04. The zero-order valence-corrected chi connectivity index (χ0v) is 11.0. The van der Waals surface area contributed by atoms with Crippen molar-refractivity contribution in [1.29, 1.82) is 0 Å². The van der Waals surface area contributed by atoms with Crippen LogP contribution in [0.2, 0.25) is 0 Å². The Morgan fingerprint density at radius 1 is 1.47 bits per heavy atom. The van der Waals surface area contributed by atoms with Gasteiger partial charge >= 0.3 is 0 Å². The topological polar surface area (TPSA) is 84.7 Å². The highest BCUT2D eigenvalue weighted by atomic mass is 32.1. The van der Waals surface area contributed by atoms with Crippen molar-refractivity contribution in [2.75, 3.05) is 11.9 Å². The van der Waals surface area contributed by atoms with Gasteiger partial charge in [-0.05, 0) is 19.1 Å². The molecule has 0 aromatic carbocycles. The molecule has 0 bridgehead atoms. The summed E-state index contributed by atoms with van der Waals surface area (Å²) in [6.45, 7) is 2.68. The van der Waals surface area contributed by atoms with Gasteiger partial charge in [-0.3, -0.25) is 9.36 Å². The van der Waals surface area contributed by atoms with Gasteiger partial charge < -0.3 is 10.6 Å². The van der Waals surface area contributed by atoms with E-state index in [0.717, 1.165) is 6.54 Å². The molecule has 2 rings (SSSR count). The van der Waals surface area contributed by atoms with Gasteiger partial charge in [0, 0.05) is 18.8 Å². The lowest BCUT2D eigenvalue weighted by Gasteiger charge is -2.08. The van der Waals surface area contributed by atoms with Gasteiger partial charge in [-0.2, -0.15) is 0 Å². The molecule has 2 aromatic rings. The molecule has 98 valence electrons. The van der Waals surface area contributed by atoms with Crippen molar-refractivity contribution in [2.45, 2.75) is 6.92 Å². The van der Waals surface area contributed by atoms with E-state index in [1.165, 1.54) is 12.7 Å². The highest BCUT2D eigenvalue weighted by Crippen LogP contribution is 2.09. The molecular formula is C11H12N6OS. The second kappa shape index (κ2) is 6.01. The number of aldehydes is 1. The number of rotatable bonds is 4. The normalized spacial score (nSPS) is 9.95. The molecule has 2 aromatic heterocycles. The maximum absolute atomic E-state index is 10.6. The van der Waals surface area contributed by atoms with Crippen molar-refractivity contribution in [3.05, 3.63) is 30.6 Å². The molecule has 0 saturated carbocycles. The van der Waals surface area contributed by atoms with Crippen molar-refractivity contribution in [3.8, 4) is 5.82 Å². The highest BCUT2D eigenvalue weighted by molar-refractivity contribution is 7.80. The van der Waals surface area contributed by atoms with Crippen LogP contribution in [-0.4, -0.2) is 37.5 Å². The standard InChI is InChI=1S/C11H12N6OS/c1-2-12-11(19)16-9-3-10(14-6-13-9)17-4-8(5-18)15-7-17/h3-7H,2H2,1H3,(H2,12,13,14,16,19). The van der Waals surface area contributed by atoms with Crippen LogP contribution >= 0.6 is 12.2 Å². The van der Waals surface area contributed by atoms with Crippen molar-refractivity contribution in [3.63, 3.8) is 0 Å². The van der Waals surface area contributed by atoms with E-state index in [4.69, 9.17) is 12.2 Å². The molecule has 2 heterocycles. The Morgan fingerprint density at radius 3 is 3.00 bits per heavy atom. The van der Waals surface area contributed by atoms with Crippen molar-refractivity contribution < 1.29 is 4.79 Å². The molecule has 0 aliphatic rings. The first-order valence-electron chi connectivity index (χ1n) is 5.59. The molecule has 0 aliphatic heterocycles. The molecule has 0 amide bonds. The molecule has 19 heavy (non-hydrogen) atoms. The van der Waals surface area contributed by atoms with Crippen molar-refractivity contribution >= 4 is 29.4 Å². The SMILES string of the molecule is CCNC(=S)Nc1cc(-n2cnc(C=O)c2)ncn1. The number of anilines is 1. The quantitative estimate of drug-likeness (QED) is 0.630. The minimum Gasteiger partial charge on any atom is -0.363 e. The van der Waals surface area contributed by atoms with Crippen LogP contribution in [0.5, 0.6) is 0 Å². The third kappa shape index (κ3) is 3.32. The monoisotopic (exact) mass is 276 g/mol. The number of carbonyl (C=O) groups is 1. The summed E-state index contributed by atoms with van der Waals surface area (Å²) in [6.07, 6.45) is 5.18. The molecule has 0 spiro atoms. The second-order valence-electron chi connectivity index (χ2n) is 3.57. The Kier molecular flexibility index (Phi) is 4.14. The van der Waals surface area contributed by atoms with E-state index < -0.39 is 0 Å². The van der Waals surface area contributed by atoms with Gasteiger partial charge in [-0.25, -0.2) is 15.0 Å². The molecule has 2 N–H and O–H groups in total. The molecule has 0 unspecified atom stereocenters. The van der Waals surface area contributed by atoms with Crippen LogP contribution in [0.25, 0.3) is 5.82 Å². The number of hydrogen-bond donors (Lipinski definition) is 2. The van der Waals surface area contributed by atoms with Crippen LogP contribution < -0.4 is 10.6 Å². The fourth-order valence-corrected chi connectivity index (χ4v) is 1.65. The van der Waals surface area contributed by atoms with Crippen LogP contribution in [0.1, 0.15) is 17.4 Å². The predicted molar refractivity (Wildman–Crippen MR) is 74.4 cm³/mol. The Hall–Kier alpha value is -2.35. The average molecular weight is 276 g/mol. The summed E-state index contributed by atoms with van der Waals surface area (Å²) in [4.78, 5) is 22.7. The van der Waals surface area contributed by atoms with Gasteiger partial charge in [0.2, 0.25) is 0 Å². The van der Waals surface area contributed by atoms with Crippen LogP contribution in [-0.2, 0) is 0 Å². The van der Waals surface area contributed by atoms with Gasteiger partial charge in [0.05, 0.1) is 0 Å². The van der Waals surface area contributed by atoms with E-state index in [2.05, 4.69) is 25.6 Å². The Morgan fingerprint density at radius 2 is 2.32 bits per heavy atom. The predicted octanol–water partition coefficient (Wildman–Crippen LogP) is 0.781. The molecule has 7 nitrogen and oxygen atoms in total. The maximum Gasteiger partial charge on any atom is 0.171 e. The zero-order valence-electron chi connectivity index (χ0n) is 10.2. The van der Waals surface area contributed by atoms with E-state index >= 15 is 0 Å². The van der Waals surface area contributed by atoms with E-state index in [0.29, 0.717) is 28.7 Å². The Bertz CT molecular complexity index is 596. The number of nitrogens with zero attached hydrogens (tertiary/aromatic N) is 4. The molecule has 0 radical (unpaired) electrons. The average Bonchev–Trinajstić information content (AvgIpc) is 2.88. The van der Waals surface area contributed by atoms with Gasteiger partial charge in [-0.1, -0.05) is 0 Å². The van der Waals surface area contributed by atoms with Crippen LogP contribution in [0.15, 0.2) is 24.9 Å². The first kappa shape index (κ1) is 13.1. The summed E-state index contributed by atoms with van der Waals surface area (Å²) in [5.41, 5.74) is 0.344. The van der Waals surface area contributed by atoms with Gasteiger partial charge in [0.15, 0.2) is 11.4 Å². The summed E-state index contributed by atoms with van der Waals surface area (Å²) in [5.74, 6) is 1.16. The molecule has 8 heteroatoms. The van der Waals surface area contributed by atoms with Crippen LogP contribution in [0, 0.1) is 0 Å². The molecular weight excluding hydrogens is 264 g/mol. The maximum atomic E-state index is 10.6. The minimum atomic E-state index is 0.344. The third-order valence-corrected chi connectivity index (χ3v) is 2.47. The largest absolute Gasteiger partial charge is 0.363 e. The number of aromatic nitrogens is 4. The van der Waals surface area contributed by atoms with E-state index in [1.54, 1.807) is 16.8 Å². The van der Waals surface area contributed by atoms with E-state index in [1.807, 2.05) is 6.92 Å². The Balaban J connectivity index is 2.19. The fourth-order valence-electron chi connectivity index (χ4n) is 1.40. The lowest BCUT2D eigenvalue weighted by molar-refractivity contribution is 0.111. The minimum absolute atomic E-state index is 0.344. The number of thiocarbonyl (C=S) groups is 1. The molecule has 0 saturated heterocycles. The Labute approximate surface area is 115 Å². The number of imidazole rings is 1. The summed E-state index contributed by atoms with van der Waals surface area (Å²) in [6, 6.07) is 1.71. The lowest BCUT2D eigenvalue weighted by atomic mass is 10.5. The number of hydrogen-bond acceptors (Lipinski definition) is 5. The molecule has 0 atom stereocenters. The first-order valence-corrected chi connectivity index (χ1v) is 6.00. The van der Waals surface area contributed by atoms with Gasteiger partial charge in [-0.15, -0.1) is 0 Å². The summed E-state index contributed by atoms with van der Waals surface area (Å²) < 4.78 is 1.63. The lowest BCUT2D eigenvalue weighted by Crippen LogP contribution is -2.28. The van der Waals surface area contributed by atoms with E-state index in [9.17, 15) is 4.79 Å². The second-order valence-corrected chi connectivity index (χ2v) is 3.98. The molecule has 0 fully saturated rings. The van der Waals surface area contributed by atoms with Gasteiger partial charge in [0.1, 0.15) is 30.0 Å². The smallest absolute Gasteiger partial charge is 0.171 e. The van der Waals surface area contributed by atoms with Crippen molar-refractivity contribution in [2.24, 2.45) is 0 Å². The first-order chi connectivity index (χ1) is 9.22. The molecule has 0 aliphatic carbocycles. The van der Waals surface area contributed by atoms with Gasteiger partial charge in [0.25, 0.3) is 0 Å². The van der Waals surface area contributed by atoms with Crippen LogP contribution in [0.3, 0.4) is 0 Å². The summed E-state index contributed by atoms with van der Waals surface area (Å²) in [7, 11) is 0. The summed E-state index contributed by atoms with van der Waals surface area (Å²) >= 11 is 5.07. The zero-order chi connectivity index (χ0) is 13.7. The van der Waals surface area contributed by atoms with Crippen molar-refractivity contribution in [1.82, 2.24) is 24.8 Å². The van der Waals surface area contributed by atoms with Crippen LogP contribution in [0.4, 0.5) is 5.82 Å². The van der Waals surface area contributed by atoms with E-state index in [-0.39, 0.29) is 0 Å².